The molecule has 1 saturated heterocycles. The molecule has 0 aromatic rings. The van der Waals surface area contributed by atoms with Crippen LogP contribution in [0.15, 0.2) is 35.6 Å². The first-order chi connectivity index (χ1) is 13.5. The van der Waals surface area contributed by atoms with E-state index < -0.39 is 6.04 Å². The summed E-state index contributed by atoms with van der Waals surface area (Å²) in [6.45, 7) is 7.52. The van der Waals surface area contributed by atoms with Crippen LogP contribution in [-0.4, -0.2) is 66.9 Å². The molecule has 7 nitrogen and oxygen atoms in total. The largest absolute Gasteiger partial charge is 0.371 e. The Morgan fingerprint density at radius 3 is 2.50 bits per heavy atom. The summed E-state index contributed by atoms with van der Waals surface area (Å²) in [4.78, 5) is 50.8. The summed E-state index contributed by atoms with van der Waals surface area (Å²) in [5.41, 5.74) is 2.29. The highest BCUT2D eigenvalue weighted by molar-refractivity contribution is 6.02. The van der Waals surface area contributed by atoms with Crippen molar-refractivity contribution in [3.8, 4) is 0 Å². The molecule has 2 amide bonds. The van der Waals surface area contributed by atoms with Gasteiger partial charge < -0.3 is 24.7 Å². The Balaban J connectivity index is 2.19. The number of hydrogen-bond acceptors (Lipinski definition) is 5. The molecule has 0 aromatic heterocycles. The second kappa shape index (κ2) is 10.0. The molecule has 0 spiro atoms. The van der Waals surface area contributed by atoms with E-state index in [0.717, 1.165) is 49.8 Å². The lowest BCUT2D eigenvalue weighted by Crippen LogP contribution is -2.40. The van der Waals surface area contributed by atoms with Crippen molar-refractivity contribution >= 4 is 24.4 Å². The molecular weight excluding hydrogens is 358 g/mol. The first-order valence-electron chi connectivity index (χ1n) is 9.70. The van der Waals surface area contributed by atoms with E-state index in [1.54, 1.807) is 13.1 Å². The molecule has 28 heavy (non-hydrogen) atoms. The van der Waals surface area contributed by atoms with Crippen molar-refractivity contribution in [1.29, 1.82) is 0 Å². The Bertz CT molecular complexity index is 702. The van der Waals surface area contributed by atoms with Crippen LogP contribution in [0.1, 0.15) is 32.6 Å². The Kier molecular flexibility index (Phi) is 7.72. The molecule has 152 valence electrons. The smallest absolute Gasteiger partial charge is 0.255 e. The van der Waals surface area contributed by atoms with Crippen LogP contribution in [0.4, 0.5) is 0 Å². The third kappa shape index (κ3) is 4.58. The molecule has 2 aliphatic rings. The molecule has 2 aliphatic heterocycles. The molecule has 0 bridgehead atoms. The second-order valence-electron chi connectivity index (χ2n) is 7.08. The number of likely N-dealkylation sites (tertiary alicyclic amines) is 1. The van der Waals surface area contributed by atoms with E-state index in [1.165, 1.54) is 4.90 Å². The molecule has 0 saturated carbocycles. The van der Waals surface area contributed by atoms with Crippen molar-refractivity contribution in [2.75, 3.05) is 26.7 Å². The van der Waals surface area contributed by atoms with Gasteiger partial charge in [0.05, 0.1) is 6.04 Å². The number of nitrogens with one attached hydrogen (secondary N) is 1. The van der Waals surface area contributed by atoms with Crippen LogP contribution in [0.3, 0.4) is 0 Å². The van der Waals surface area contributed by atoms with Crippen molar-refractivity contribution in [2.45, 2.75) is 38.6 Å². The highest BCUT2D eigenvalue weighted by Crippen LogP contribution is 2.32. The number of rotatable bonds is 9. The second-order valence-corrected chi connectivity index (χ2v) is 7.08. The van der Waals surface area contributed by atoms with Crippen LogP contribution in [-0.2, 0) is 19.2 Å². The lowest BCUT2D eigenvalue weighted by atomic mass is 9.96. The summed E-state index contributed by atoms with van der Waals surface area (Å²) in [6, 6.07) is -0.656. The minimum absolute atomic E-state index is 0.0908. The molecule has 2 heterocycles. The summed E-state index contributed by atoms with van der Waals surface area (Å²) < 4.78 is 0. The van der Waals surface area contributed by atoms with E-state index in [1.807, 2.05) is 13.0 Å². The lowest BCUT2D eigenvalue weighted by molar-refractivity contribution is -0.131. The van der Waals surface area contributed by atoms with E-state index >= 15 is 0 Å². The maximum atomic E-state index is 12.9. The number of nitrogens with zero attached hydrogens (tertiary/aromatic N) is 2. The van der Waals surface area contributed by atoms with Gasteiger partial charge in [0.15, 0.2) is 0 Å². The number of carbonyl (C=O) groups is 4. The van der Waals surface area contributed by atoms with Crippen molar-refractivity contribution in [1.82, 2.24) is 15.1 Å². The van der Waals surface area contributed by atoms with Crippen LogP contribution in [0.25, 0.3) is 0 Å². The predicted molar refractivity (Wildman–Crippen MR) is 106 cm³/mol. The summed E-state index contributed by atoms with van der Waals surface area (Å²) >= 11 is 0. The van der Waals surface area contributed by atoms with Gasteiger partial charge in [-0.3, -0.25) is 9.59 Å². The van der Waals surface area contributed by atoms with Crippen LogP contribution < -0.4 is 5.32 Å². The van der Waals surface area contributed by atoms with E-state index in [0.29, 0.717) is 12.1 Å². The molecule has 1 atom stereocenters. The molecule has 7 heteroatoms. The zero-order valence-electron chi connectivity index (χ0n) is 16.6. The number of piperidine rings is 1. The fourth-order valence-electron chi connectivity index (χ4n) is 3.83. The molecule has 0 radical (unpaired) electrons. The van der Waals surface area contributed by atoms with Gasteiger partial charge in [0, 0.05) is 55.9 Å². The quantitative estimate of drug-likeness (QED) is 0.601. The minimum Gasteiger partial charge on any atom is -0.371 e. The predicted octanol–water partition coefficient (Wildman–Crippen LogP) is 1.22. The van der Waals surface area contributed by atoms with Crippen LogP contribution >= 0.6 is 0 Å². The Labute approximate surface area is 166 Å². The fraction of sp³-hybridized carbons (Fsp3) is 0.524. The van der Waals surface area contributed by atoms with Gasteiger partial charge in [-0.05, 0) is 26.2 Å². The monoisotopic (exact) mass is 387 g/mol. The molecule has 1 fully saturated rings. The molecular formula is C21H29N3O4. The lowest BCUT2D eigenvalue weighted by Gasteiger charge is -2.34. The Morgan fingerprint density at radius 1 is 1.32 bits per heavy atom. The molecule has 1 unspecified atom stereocenters. The third-order valence-corrected chi connectivity index (χ3v) is 5.51. The topological polar surface area (TPSA) is 86.8 Å². The van der Waals surface area contributed by atoms with Gasteiger partial charge in [0.25, 0.3) is 5.91 Å². The average molecular weight is 387 g/mol. The summed E-state index contributed by atoms with van der Waals surface area (Å²) in [5, 5.41) is 2.53. The molecule has 0 aliphatic carbocycles. The van der Waals surface area contributed by atoms with Crippen LogP contribution in [0, 0.1) is 5.92 Å². The number of hydrogen-bond donors (Lipinski definition) is 1. The van der Waals surface area contributed by atoms with Gasteiger partial charge in [-0.2, -0.15) is 0 Å². The van der Waals surface area contributed by atoms with Crippen molar-refractivity contribution in [2.24, 2.45) is 5.92 Å². The first kappa shape index (κ1) is 21.6. The third-order valence-electron chi connectivity index (χ3n) is 5.51. The highest BCUT2D eigenvalue weighted by Gasteiger charge is 2.36. The standard InChI is InChI=1S/C21H29N3O4/c1-4-17-18(19(5-2)23-10-8-15(13-25)9-11-23)12-24(21(17)28)16(14-26)6-7-20(27)22-3/h4-5,13-16H,1,6-12H2,2-3H3,(H,22,27)/b19-5+. The number of aldehydes is 2. The molecule has 2 rings (SSSR count). The van der Waals surface area contributed by atoms with Gasteiger partial charge in [0.2, 0.25) is 5.91 Å². The molecule has 1 N–H and O–H groups in total. The van der Waals surface area contributed by atoms with Gasteiger partial charge in [0.1, 0.15) is 12.6 Å². The van der Waals surface area contributed by atoms with Crippen molar-refractivity contribution in [3.05, 3.63) is 35.6 Å². The maximum Gasteiger partial charge on any atom is 0.255 e. The average Bonchev–Trinajstić information content (AvgIpc) is 3.05. The number of carbonyl (C=O) groups excluding carboxylic acids is 4. The SMILES string of the molecule is C=CC1=C(/C(=C\C)N2CCC(C=O)CC2)CN(C(C=O)CCC(=O)NC)C1=O. The Hall–Kier alpha value is -2.70. The number of amides is 2. The van der Waals surface area contributed by atoms with Crippen molar-refractivity contribution < 1.29 is 19.2 Å². The van der Waals surface area contributed by atoms with E-state index in [2.05, 4.69) is 16.8 Å². The van der Waals surface area contributed by atoms with E-state index in [9.17, 15) is 19.2 Å². The highest BCUT2D eigenvalue weighted by atomic mass is 16.2. The summed E-state index contributed by atoms with van der Waals surface area (Å²) in [7, 11) is 1.54. The van der Waals surface area contributed by atoms with Crippen LogP contribution in [0.5, 0.6) is 0 Å². The van der Waals surface area contributed by atoms with Crippen molar-refractivity contribution in [3.63, 3.8) is 0 Å². The van der Waals surface area contributed by atoms with Gasteiger partial charge in [-0.15, -0.1) is 0 Å². The van der Waals surface area contributed by atoms with Gasteiger partial charge >= 0.3 is 0 Å². The minimum atomic E-state index is -0.656. The number of allylic oxidation sites excluding steroid dienone is 1. The van der Waals surface area contributed by atoms with Gasteiger partial charge in [-0.1, -0.05) is 18.7 Å². The van der Waals surface area contributed by atoms with E-state index in [4.69, 9.17) is 0 Å². The molecule has 0 aromatic carbocycles. The fourth-order valence-corrected chi connectivity index (χ4v) is 3.83. The zero-order valence-corrected chi connectivity index (χ0v) is 16.6. The zero-order chi connectivity index (χ0) is 20.7. The normalized spacial score (nSPS) is 19.6. The first-order valence-corrected chi connectivity index (χ1v) is 9.70. The van der Waals surface area contributed by atoms with E-state index in [-0.39, 0.29) is 30.6 Å². The maximum absolute atomic E-state index is 12.9. The Morgan fingerprint density at radius 2 is 2.00 bits per heavy atom. The van der Waals surface area contributed by atoms with Crippen LogP contribution in [0.2, 0.25) is 0 Å². The summed E-state index contributed by atoms with van der Waals surface area (Å²) in [5.74, 6) is -0.308. The van der Waals surface area contributed by atoms with Gasteiger partial charge in [-0.25, -0.2) is 0 Å². The summed E-state index contributed by atoms with van der Waals surface area (Å²) in [6.07, 6.45) is 7.30.